The third-order valence-electron chi connectivity index (χ3n) is 1.98. The Bertz CT molecular complexity index is 516. The van der Waals surface area contributed by atoms with Crippen LogP contribution in [0.25, 0.3) is 0 Å². The van der Waals surface area contributed by atoms with Crippen molar-refractivity contribution in [1.29, 1.82) is 0 Å². The number of pyridine rings is 1. The molecule has 3 N–H and O–H groups in total. The molecule has 0 amide bonds. The fourth-order valence-corrected chi connectivity index (χ4v) is 1.80. The van der Waals surface area contributed by atoms with Crippen LogP contribution < -0.4 is 11.1 Å². The third kappa shape index (κ3) is 2.65. The van der Waals surface area contributed by atoms with E-state index < -0.39 is 0 Å². The number of rotatable bonds is 2. The molecule has 0 bridgehead atoms. The van der Waals surface area contributed by atoms with Gasteiger partial charge < -0.3 is 11.1 Å². The van der Waals surface area contributed by atoms with Crippen molar-refractivity contribution in [3.63, 3.8) is 0 Å². The van der Waals surface area contributed by atoms with E-state index in [-0.39, 0.29) is 0 Å². The van der Waals surface area contributed by atoms with Gasteiger partial charge in [-0.2, -0.15) is 0 Å². The van der Waals surface area contributed by atoms with Gasteiger partial charge in [0.2, 0.25) is 0 Å². The fourth-order valence-electron chi connectivity index (χ4n) is 1.25. The summed E-state index contributed by atoms with van der Waals surface area (Å²) in [7, 11) is 0. The second-order valence-corrected chi connectivity index (χ2v) is 4.51. The van der Waals surface area contributed by atoms with E-state index in [9.17, 15) is 0 Å². The lowest BCUT2D eigenvalue weighted by Gasteiger charge is -2.08. The Hall–Kier alpha value is -1.26. The van der Waals surface area contributed by atoms with Crippen LogP contribution in [0.3, 0.4) is 0 Å². The van der Waals surface area contributed by atoms with Gasteiger partial charge in [-0.15, -0.1) is 0 Å². The van der Waals surface area contributed by atoms with Crippen LogP contribution >= 0.6 is 27.5 Å². The van der Waals surface area contributed by atoms with Crippen molar-refractivity contribution in [2.75, 3.05) is 11.1 Å². The van der Waals surface area contributed by atoms with E-state index >= 15 is 0 Å². The van der Waals surface area contributed by atoms with Gasteiger partial charge in [-0.3, -0.25) is 0 Å². The lowest BCUT2D eigenvalue weighted by molar-refractivity contribution is 1.31. The molecule has 0 atom stereocenters. The first kappa shape index (κ1) is 11.2. The highest BCUT2D eigenvalue weighted by Crippen LogP contribution is 2.24. The standard InChI is InChI=1S/C11H9BrClN3/c12-7-2-1-3-8(6-7)15-11-9(14)4-5-10(13)16-11/h1-6H,14H2,(H,15,16). The molecule has 1 aromatic carbocycles. The Morgan fingerprint density at radius 1 is 1.25 bits per heavy atom. The molecular weight excluding hydrogens is 289 g/mol. The number of nitrogens with zero attached hydrogens (tertiary/aromatic N) is 1. The summed E-state index contributed by atoms with van der Waals surface area (Å²) in [6.45, 7) is 0. The first-order valence-corrected chi connectivity index (χ1v) is 5.77. The first-order chi connectivity index (χ1) is 7.65. The maximum absolute atomic E-state index is 5.80. The minimum Gasteiger partial charge on any atom is -0.396 e. The number of anilines is 3. The molecule has 0 aliphatic heterocycles. The second kappa shape index (κ2) is 4.72. The van der Waals surface area contributed by atoms with Gasteiger partial charge in [-0.1, -0.05) is 33.6 Å². The number of nitrogens with one attached hydrogen (secondary N) is 1. The van der Waals surface area contributed by atoms with Crippen molar-refractivity contribution < 1.29 is 0 Å². The van der Waals surface area contributed by atoms with Crippen molar-refractivity contribution in [2.45, 2.75) is 0 Å². The number of aromatic nitrogens is 1. The fraction of sp³-hybridized carbons (Fsp3) is 0. The average Bonchev–Trinajstić information content (AvgIpc) is 2.24. The van der Waals surface area contributed by atoms with Gasteiger partial charge in [-0.05, 0) is 30.3 Å². The highest BCUT2D eigenvalue weighted by molar-refractivity contribution is 9.10. The molecule has 3 nitrogen and oxygen atoms in total. The minimum atomic E-state index is 0.409. The molecule has 82 valence electrons. The number of nitrogen functional groups attached to an aromatic ring is 1. The molecule has 0 unspecified atom stereocenters. The Kier molecular flexibility index (Phi) is 3.31. The number of benzene rings is 1. The summed E-state index contributed by atoms with van der Waals surface area (Å²) in [5.41, 5.74) is 7.24. The molecule has 1 aromatic heterocycles. The summed E-state index contributed by atoms with van der Waals surface area (Å²) in [5.74, 6) is 0.561. The zero-order chi connectivity index (χ0) is 11.5. The number of nitrogens with two attached hydrogens (primary N) is 1. The van der Waals surface area contributed by atoms with E-state index in [0.29, 0.717) is 16.7 Å². The van der Waals surface area contributed by atoms with Gasteiger partial charge >= 0.3 is 0 Å². The Morgan fingerprint density at radius 2 is 2.06 bits per heavy atom. The van der Waals surface area contributed by atoms with Crippen LogP contribution in [0, 0.1) is 0 Å². The van der Waals surface area contributed by atoms with E-state index in [1.165, 1.54) is 0 Å². The van der Waals surface area contributed by atoms with E-state index in [2.05, 4.69) is 26.2 Å². The predicted octanol–water partition coefficient (Wildman–Crippen LogP) is 3.82. The molecular formula is C11H9BrClN3. The average molecular weight is 299 g/mol. The smallest absolute Gasteiger partial charge is 0.155 e. The maximum atomic E-state index is 5.80. The first-order valence-electron chi connectivity index (χ1n) is 4.60. The van der Waals surface area contributed by atoms with E-state index in [1.807, 2.05) is 24.3 Å². The number of hydrogen-bond acceptors (Lipinski definition) is 3. The van der Waals surface area contributed by atoms with Crippen molar-refractivity contribution >= 4 is 44.7 Å². The lowest BCUT2D eigenvalue weighted by Crippen LogP contribution is -1.99. The second-order valence-electron chi connectivity index (χ2n) is 3.21. The minimum absolute atomic E-state index is 0.409. The molecule has 1 heterocycles. The molecule has 0 saturated carbocycles. The van der Waals surface area contributed by atoms with Crippen LogP contribution in [0.5, 0.6) is 0 Å². The van der Waals surface area contributed by atoms with Gasteiger partial charge in [0.15, 0.2) is 5.82 Å². The zero-order valence-electron chi connectivity index (χ0n) is 8.24. The van der Waals surface area contributed by atoms with E-state index in [0.717, 1.165) is 10.2 Å². The molecule has 0 spiro atoms. The Morgan fingerprint density at radius 3 is 2.81 bits per heavy atom. The number of hydrogen-bond donors (Lipinski definition) is 2. The summed E-state index contributed by atoms with van der Waals surface area (Å²) in [6, 6.07) is 11.1. The molecule has 0 saturated heterocycles. The van der Waals surface area contributed by atoms with Crippen molar-refractivity contribution in [1.82, 2.24) is 4.98 Å². The third-order valence-corrected chi connectivity index (χ3v) is 2.68. The molecule has 0 aliphatic rings. The molecule has 2 rings (SSSR count). The number of halogens is 2. The largest absolute Gasteiger partial charge is 0.396 e. The Labute approximate surface area is 107 Å². The molecule has 16 heavy (non-hydrogen) atoms. The van der Waals surface area contributed by atoms with Crippen molar-refractivity contribution in [3.8, 4) is 0 Å². The quantitative estimate of drug-likeness (QED) is 0.829. The van der Waals surface area contributed by atoms with Gasteiger partial charge in [0.25, 0.3) is 0 Å². The van der Waals surface area contributed by atoms with Crippen LogP contribution in [0.4, 0.5) is 17.2 Å². The summed E-state index contributed by atoms with van der Waals surface area (Å²) in [6.07, 6.45) is 0. The monoisotopic (exact) mass is 297 g/mol. The molecule has 0 fully saturated rings. The molecule has 2 aromatic rings. The van der Waals surface area contributed by atoms with E-state index in [1.54, 1.807) is 12.1 Å². The summed E-state index contributed by atoms with van der Waals surface area (Å²) >= 11 is 9.19. The predicted molar refractivity (Wildman–Crippen MR) is 71.1 cm³/mol. The summed E-state index contributed by atoms with van der Waals surface area (Å²) in [4.78, 5) is 4.11. The lowest BCUT2D eigenvalue weighted by atomic mass is 10.3. The molecule has 0 aliphatic carbocycles. The van der Waals surface area contributed by atoms with E-state index in [4.69, 9.17) is 17.3 Å². The molecule has 0 radical (unpaired) electrons. The van der Waals surface area contributed by atoms with Gasteiger partial charge in [-0.25, -0.2) is 4.98 Å². The topological polar surface area (TPSA) is 50.9 Å². The highest BCUT2D eigenvalue weighted by atomic mass is 79.9. The SMILES string of the molecule is Nc1ccc(Cl)nc1Nc1cccc(Br)c1. The van der Waals surface area contributed by atoms with Crippen LogP contribution in [0.2, 0.25) is 5.15 Å². The zero-order valence-corrected chi connectivity index (χ0v) is 10.6. The van der Waals surface area contributed by atoms with Crippen LogP contribution in [0.15, 0.2) is 40.9 Å². The van der Waals surface area contributed by atoms with Crippen LogP contribution in [0.1, 0.15) is 0 Å². The van der Waals surface area contributed by atoms with Crippen LogP contribution in [-0.4, -0.2) is 4.98 Å². The van der Waals surface area contributed by atoms with Crippen molar-refractivity contribution in [2.24, 2.45) is 0 Å². The van der Waals surface area contributed by atoms with Gasteiger partial charge in [0, 0.05) is 10.2 Å². The summed E-state index contributed by atoms with van der Waals surface area (Å²) in [5, 5.41) is 3.51. The summed E-state index contributed by atoms with van der Waals surface area (Å²) < 4.78 is 0.984. The normalized spacial score (nSPS) is 10.1. The van der Waals surface area contributed by atoms with Crippen LogP contribution in [-0.2, 0) is 0 Å². The highest BCUT2D eigenvalue weighted by Gasteiger charge is 2.02. The maximum Gasteiger partial charge on any atom is 0.155 e. The van der Waals surface area contributed by atoms with Gasteiger partial charge in [0.1, 0.15) is 5.15 Å². The molecule has 5 heteroatoms. The Balaban J connectivity index is 2.30. The van der Waals surface area contributed by atoms with Crippen molar-refractivity contribution in [3.05, 3.63) is 46.0 Å². The van der Waals surface area contributed by atoms with Gasteiger partial charge in [0.05, 0.1) is 5.69 Å².